The van der Waals surface area contributed by atoms with E-state index in [1.807, 2.05) is 30.3 Å². The molecule has 0 aliphatic rings. The van der Waals surface area contributed by atoms with Crippen LogP contribution in [-0.2, 0) is 11.2 Å². The van der Waals surface area contributed by atoms with E-state index in [1.165, 1.54) is 12.1 Å². The number of amides is 1. The van der Waals surface area contributed by atoms with Gasteiger partial charge >= 0.3 is 0 Å². The average molecular weight is 577 g/mol. The van der Waals surface area contributed by atoms with Gasteiger partial charge in [-0.25, -0.2) is 4.39 Å². The molecule has 4 aromatic rings. The first-order valence-electron chi connectivity index (χ1n) is 13.3. The van der Waals surface area contributed by atoms with Gasteiger partial charge in [0.25, 0.3) is 0 Å². The number of fused-ring (bicyclic) bond motifs is 1. The number of methoxy groups -OCH3 is 1. The number of nitrogens with one attached hydrogen (secondary N) is 2. The Hall–Kier alpha value is -4.28. The Bertz CT molecular complexity index is 1500. The summed E-state index contributed by atoms with van der Waals surface area (Å²) in [7, 11) is 1.56. The number of rotatable bonds is 12. The van der Waals surface area contributed by atoms with Crippen molar-refractivity contribution in [2.45, 2.75) is 20.3 Å². The summed E-state index contributed by atoms with van der Waals surface area (Å²) in [4.78, 5) is 19.0. The molecule has 0 aliphatic carbocycles. The standard InChI is InChI=1S/C31H33FN4O4S/c1-4-36(5-2)15-16-39-29-20-25-23(19-28(29)38-3)26(13-14-33-25)40-27-12-11-22(18-24(27)32)34-31(41)35-30(37)17-21-9-7-6-8-10-21/h6-14,18-20H,4-5,15-17H2,1-3H3,(H2,34,35,37,41). The highest BCUT2D eigenvalue weighted by molar-refractivity contribution is 7.80. The van der Waals surface area contributed by atoms with Crippen molar-refractivity contribution in [2.24, 2.45) is 0 Å². The number of pyridine rings is 1. The van der Waals surface area contributed by atoms with Gasteiger partial charge in [-0.15, -0.1) is 0 Å². The fourth-order valence-corrected chi connectivity index (χ4v) is 4.44. The molecule has 0 spiro atoms. The zero-order valence-corrected chi connectivity index (χ0v) is 24.1. The van der Waals surface area contributed by atoms with Gasteiger partial charge in [0.05, 0.1) is 19.0 Å². The minimum Gasteiger partial charge on any atom is -0.493 e. The van der Waals surface area contributed by atoms with Gasteiger partial charge in [-0.05, 0) is 55.1 Å². The minimum atomic E-state index is -0.610. The summed E-state index contributed by atoms with van der Waals surface area (Å²) in [6, 6.07) is 18.9. The summed E-state index contributed by atoms with van der Waals surface area (Å²) >= 11 is 5.22. The fraction of sp³-hybridized carbons (Fsp3) is 0.258. The van der Waals surface area contributed by atoms with Gasteiger partial charge < -0.3 is 29.7 Å². The highest BCUT2D eigenvalue weighted by Gasteiger charge is 2.15. The van der Waals surface area contributed by atoms with Crippen LogP contribution in [0.1, 0.15) is 19.4 Å². The van der Waals surface area contributed by atoms with Crippen molar-refractivity contribution in [1.82, 2.24) is 15.2 Å². The summed E-state index contributed by atoms with van der Waals surface area (Å²) in [6.07, 6.45) is 1.77. The topological polar surface area (TPSA) is 85.0 Å². The van der Waals surface area contributed by atoms with Crippen molar-refractivity contribution in [1.29, 1.82) is 0 Å². The molecule has 0 atom stereocenters. The number of likely N-dealkylation sites (N-methyl/N-ethyl adjacent to an activating group) is 1. The monoisotopic (exact) mass is 576 g/mol. The zero-order chi connectivity index (χ0) is 29.2. The summed E-state index contributed by atoms with van der Waals surface area (Å²) in [5.41, 5.74) is 1.85. The number of halogens is 1. The van der Waals surface area contributed by atoms with Crippen LogP contribution in [0, 0.1) is 5.82 Å². The van der Waals surface area contributed by atoms with Crippen LogP contribution in [0.5, 0.6) is 23.0 Å². The third-order valence-electron chi connectivity index (χ3n) is 6.42. The van der Waals surface area contributed by atoms with E-state index in [-0.39, 0.29) is 23.2 Å². The molecule has 3 aromatic carbocycles. The molecule has 0 saturated carbocycles. The van der Waals surface area contributed by atoms with E-state index in [0.29, 0.717) is 40.4 Å². The first kappa shape index (κ1) is 29.7. The Kier molecular flexibility index (Phi) is 10.4. The SMILES string of the molecule is CCN(CC)CCOc1cc2nccc(Oc3ccc(NC(=S)NC(=O)Cc4ccccc4)cc3F)c2cc1OC. The number of thiocarbonyl (C=S) groups is 1. The molecule has 1 amide bonds. The molecule has 0 aliphatic heterocycles. The van der Waals surface area contributed by atoms with Gasteiger partial charge in [0, 0.05) is 35.9 Å². The van der Waals surface area contributed by atoms with Crippen LogP contribution in [0.4, 0.5) is 10.1 Å². The van der Waals surface area contributed by atoms with E-state index in [1.54, 1.807) is 37.6 Å². The van der Waals surface area contributed by atoms with Crippen LogP contribution >= 0.6 is 12.2 Å². The second-order valence-electron chi connectivity index (χ2n) is 9.12. The number of aromatic nitrogens is 1. The number of hydrogen-bond acceptors (Lipinski definition) is 7. The smallest absolute Gasteiger partial charge is 0.230 e. The quantitative estimate of drug-likeness (QED) is 0.200. The molecule has 4 rings (SSSR count). The largest absolute Gasteiger partial charge is 0.493 e. The van der Waals surface area contributed by atoms with Gasteiger partial charge in [0.2, 0.25) is 5.91 Å². The van der Waals surface area contributed by atoms with E-state index in [0.717, 1.165) is 25.2 Å². The second-order valence-corrected chi connectivity index (χ2v) is 9.52. The molecule has 41 heavy (non-hydrogen) atoms. The molecule has 0 fully saturated rings. The van der Waals surface area contributed by atoms with Crippen molar-refractivity contribution in [3.63, 3.8) is 0 Å². The van der Waals surface area contributed by atoms with Crippen LogP contribution < -0.4 is 24.8 Å². The molecular formula is C31H33FN4O4S. The number of carbonyl (C=O) groups is 1. The van der Waals surface area contributed by atoms with E-state index < -0.39 is 5.82 Å². The molecule has 0 unspecified atom stereocenters. The highest BCUT2D eigenvalue weighted by atomic mass is 32.1. The Labute approximate surface area is 244 Å². The van der Waals surface area contributed by atoms with Gasteiger partial charge in [-0.3, -0.25) is 9.78 Å². The van der Waals surface area contributed by atoms with Crippen LogP contribution in [-0.4, -0.2) is 54.3 Å². The van der Waals surface area contributed by atoms with Crippen LogP contribution in [0.15, 0.2) is 72.9 Å². The van der Waals surface area contributed by atoms with Crippen molar-refractivity contribution >= 4 is 39.8 Å². The summed E-state index contributed by atoms with van der Waals surface area (Å²) in [5.74, 6) is 0.642. The van der Waals surface area contributed by atoms with Gasteiger partial charge in [-0.2, -0.15) is 0 Å². The Morgan fingerprint density at radius 3 is 2.46 bits per heavy atom. The molecule has 2 N–H and O–H groups in total. The molecule has 214 valence electrons. The maximum Gasteiger partial charge on any atom is 0.230 e. The molecule has 8 nitrogen and oxygen atoms in total. The lowest BCUT2D eigenvalue weighted by Crippen LogP contribution is -2.35. The predicted molar refractivity (Wildman–Crippen MR) is 163 cm³/mol. The number of anilines is 1. The van der Waals surface area contributed by atoms with Crippen molar-refractivity contribution < 1.29 is 23.4 Å². The molecule has 0 bridgehead atoms. The first-order chi connectivity index (χ1) is 19.9. The second kappa shape index (κ2) is 14.4. The van der Waals surface area contributed by atoms with Crippen molar-refractivity contribution in [2.75, 3.05) is 38.7 Å². The van der Waals surface area contributed by atoms with E-state index >= 15 is 4.39 Å². The van der Waals surface area contributed by atoms with Crippen LogP contribution in [0.2, 0.25) is 0 Å². The number of hydrogen-bond donors (Lipinski definition) is 2. The number of nitrogens with zero attached hydrogens (tertiary/aromatic N) is 2. The number of ether oxygens (including phenoxy) is 3. The van der Waals surface area contributed by atoms with Gasteiger partial charge in [0.15, 0.2) is 28.2 Å². The summed E-state index contributed by atoms with van der Waals surface area (Å²) in [6.45, 7) is 7.41. The fourth-order valence-electron chi connectivity index (χ4n) is 4.21. The lowest BCUT2D eigenvalue weighted by atomic mass is 10.1. The third-order valence-corrected chi connectivity index (χ3v) is 6.62. The normalized spacial score (nSPS) is 10.9. The third kappa shape index (κ3) is 8.12. The summed E-state index contributed by atoms with van der Waals surface area (Å²) < 4.78 is 32.5. The van der Waals surface area contributed by atoms with Gasteiger partial charge in [-0.1, -0.05) is 44.2 Å². The Morgan fingerprint density at radius 2 is 1.76 bits per heavy atom. The first-order valence-corrected chi connectivity index (χ1v) is 13.7. The van der Waals surface area contributed by atoms with Crippen molar-refractivity contribution in [3.8, 4) is 23.0 Å². The Morgan fingerprint density at radius 1 is 0.976 bits per heavy atom. The molecular weight excluding hydrogens is 543 g/mol. The Balaban J connectivity index is 1.43. The highest BCUT2D eigenvalue weighted by Crippen LogP contribution is 2.37. The average Bonchev–Trinajstić information content (AvgIpc) is 2.96. The molecule has 1 heterocycles. The van der Waals surface area contributed by atoms with E-state index in [9.17, 15) is 4.79 Å². The lowest BCUT2D eigenvalue weighted by Gasteiger charge is -2.19. The van der Waals surface area contributed by atoms with E-state index in [2.05, 4.69) is 34.4 Å². The predicted octanol–water partition coefficient (Wildman–Crippen LogP) is 5.95. The van der Waals surface area contributed by atoms with Crippen LogP contribution in [0.3, 0.4) is 0 Å². The maximum atomic E-state index is 15.0. The summed E-state index contributed by atoms with van der Waals surface area (Å²) in [5, 5.41) is 6.15. The van der Waals surface area contributed by atoms with E-state index in [4.69, 9.17) is 26.4 Å². The molecule has 10 heteroatoms. The molecule has 0 radical (unpaired) electrons. The van der Waals surface area contributed by atoms with Crippen LogP contribution in [0.25, 0.3) is 10.9 Å². The molecule has 0 saturated heterocycles. The lowest BCUT2D eigenvalue weighted by molar-refractivity contribution is -0.119. The van der Waals surface area contributed by atoms with Gasteiger partial charge in [0.1, 0.15) is 12.4 Å². The number of carbonyl (C=O) groups excluding carboxylic acids is 1. The number of benzene rings is 3. The minimum absolute atomic E-state index is 0.0144. The zero-order valence-electron chi connectivity index (χ0n) is 23.3. The van der Waals surface area contributed by atoms with Crippen molar-refractivity contribution in [3.05, 3.63) is 84.3 Å². The molecule has 1 aromatic heterocycles. The maximum absolute atomic E-state index is 15.0.